The fourth-order valence-electron chi connectivity index (χ4n) is 3.44. The molecule has 0 saturated carbocycles. The van der Waals surface area contributed by atoms with Crippen LogP contribution >= 0.6 is 0 Å². The van der Waals surface area contributed by atoms with Crippen LogP contribution in [0.4, 0.5) is 13.2 Å². The first-order valence-electron chi connectivity index (χ1n) is 9.52. The number of rotatable bonds is 6. The van der Waals surface area contributed by atoms with E-state index in [1.54, 1.807) is 25.4 Å². The lowest BCUT2D eigenvalue weighted by molar-refractivity contribution is -0.263. The predicted molar refractivity (Wildman–Crippen MR) is 102 cm³/mol. The van der Waals surface area contributed by atoms with E-state index in [1.165, 1.54) is 0 Å². The highest BCUT2D eigenvalue weighted by atomic mass is 19.4. The summed E-state index contributed by atoms with van der Waals surface area (Å²) in [5, 5.41) is 10.0. The smallest absolute Gasteiger partial charge is 0.417 e. The van der Waals surface area contributed by atoms with Gasteiger partial charge in [-0.05, 0) is 56.1 Å². The molecule has 1 aromatic heterocycles. The van der Waals surface area contributed by atoms with Crippen molar-refractivity contribution in [3.05, 3.63) is 53.9 Å². The lowest BCUT2D eigenvalue weighted by atomic mass is 9.94. The summed E-state index contributed by atoms with van der Waals surface area (Å²) in [6, 6.07) is 11.0. The first-order chi connectivity index (χ1) is 13.8. The molecule has 2 aromatic rings. The van der Waals surface area contributed by atoms with Crippen LogP contribution in [-0.4, -0.2) is 47.0 Å². The number of halogens is 3. The Kier molecular flexibility index (Phi) is 6.64. The maximum absolute atomic E-state index is 13.2. The number of nitrogens with zero attached hydrogens (tertiary/aromatic N) is 2. The molecule has 0 aliphatic carbocycles. The van der Waals surface area contributed by atoms with E-state index in [1.807, 2.05) is 29.2 Å². The summed E-state index contributed by atoms with van der Waals surface area (Å²) >= 11 is 0. The summed E-state index contributed by atoms with van der Waals surface area (Å²) in [4.78, 5) is 6.14. The maximum atomic E-state index is 13.2. The lowest BCUT2D eigenvalue weighted by Gasteiger charge is -2.29. The van der Waals surface area contributed by atoms with E-state index in [4.69, 9.17) is 9.47 Å². The third-order valence-corrected chi connectivity index (χ3v) is 5.20. The van der Waals surface area contributed by atoms with Crippen LogP contribution in [0, 0.1) is 0 Å². The van der Waals surface area contributed by atoms with Gasteiger partial charge in [0.15, 0.2) is 5.60 Å². The molecule has 1 aliphatic rings. The van der Waals surface area contributed by atoms with Crippen LogP contribution in [0.2, 0.25) is 0 Å². The first kappa shape index (κ1) is 21.4. The number of hydrogen-bond donors (Lipinski definition) is 1. The second-order valence-electron chi connectivity index (χ2n) is 7.24. The summed E-state index contributed by atoms with van der Waals surface area (Å²) < 4.78 is 50.7. The van der Waals surface area contributed by atoms with Crippen molar-refractivity contribution in [3.8, 4) is 11.5 Å². The van der Waals surface area contributed by atoms with Crippen molar-refractivity contribution in [3.63, 3.8) is 0 Å². The van der Waals surface area contributed by atoms with Crippen LogP contribution in [0.15, 0.2) is 42.6 Å². The van der Waals surface area contributed by atoms with Crippen molar-refractivity contribution in [2.45, 2.75) is 44.2 Å². The minimum atomic E-state index is -4.62. The lowest BCUT2D eigenvalue weighted by Crippen LogP contribution is -2.45. The number of benzene rings is 1. The molecule has 5 nitrogen and oxygen atoms in total. The Morgan fingerprint density at radius 1 is 1.17 bits per heavy atom. The molecule has 1 aromatic carbocycles. The average molecular weight is 410 g/mol. The highest BCUT2D eigenvalue weighted by Gasteiger charge is 2.53. The second-order valence-corrected chi connectivity index (χ2v) is 7.24. The van der Waals surface area contributed by atoms with Crippen molar-refractivity contribution in [1.82, 2.24) is 9.88 Å². The van der Waals surface area contributed by atoms with Gasteiger partial charge in [-0.2, -0.15) is 13.2 Å². The fraction of sp³-hybridized carbons (Fsp3) is 0.476. The predicted octanol–water partition coefficient (Wildman–Crippen LogP) is 3.95. The Bertz CT molecular complexity index is 802. The molecule has 29 heavy (non-hydrogen) atoms. The fourth-order valence-corrected chi connectivity index (χ4v) is 3.44. The average Bonchev–Trinajstić information content (AvgIpc) is 2.90. The molecule has 0 bridgehead atoms. The summed E-state index contributed by atoms with van der Waals surface area (Å²) in [5.41, 5.74) is -1.02. The Morgan fingerprint density at radius 2 is 2.00 bits per heavy atom. The molecule has 1 atom stereocenters. The van der Waals surface area contributed by atoms with Crippen LogP contribution in [0.3, 0.4) is 0 Å². The summed E-state index contributed by atoms with van der Waals surface area (Å²) in [7, 11) is 1.56. The molecule has 0 spiro atoms. The quantitative estimate of drug-likeness (QED) is 0.782. The Balaban J connectivity index is 1.72. The summed E-state index contributed by atoms with van der Waals surface area (Å²) in [6.45, 7) is 1.30. The molecule has 1 N–H and O–H groups in total. The summed E-state index contributed by atoms with van der Waals surface area (Å²) in [6.07, 6.45) is -3.29. The number of alkyl halides is 3. The highest BCUT2D eigenvalue weighted by molar-refractivity contribution is 5.40. The number of likely N-dealkylation sites (tertiary alicyclic amines) is 1. The van der Waals surface area contributed by atoms with Crippen molar-refractivity contribution in [2.75, 3.05) is 20.2 Å². The summed E-state index contributed by atoms with van der Waals surface area (Å²) in [5.74, 6) is 1.28. The maximum Gasteiger partial charge on any atom is 0.417 e. The van der Waals surface area contributed by atoms with Gasteiger partial charge in [0, 0.05) is 24.8 Å². The van der Waals surface area contributed by atoms with E-state index < -0.39 is 11.8 Å². The van der Waals surface area contributed by atoms with Gasteiger partial charge in [-0.15, -0.1) is 0 Å². The van der Waals surface area contributed by atoms with Crippen molar-refractivity contribution in [1.29, 1.82) is 0 Å². The van der Waals surface area contributed by atoms with Crippen LogP contribution in [0.5, 0.6) is 11.5 Å². The third-order valence-electron chi connectivity index (χ3n) is 5.20. The number of methoxy groups -OCH3 is 1. The molecule has 1 unspecified atom stereocenters. The van der Waals surface area contributed by atoms with E-state index >= 15 is 0 Å². The number of hydrogen-bond acceptors (Lipinski definition) is 5. The molecular formula is C21H25F3N2O3. The van der Waals surface area contributed by atoms with Crippen LogP contribution in [0.25, 0.3) is 0 Å². The Hall–Kier alpha value is -2.32. The van der Waals surface area contributed by atoms with E-state index in [2.05, 4.69) is 4.98 Å². The van der Waals surface area contributed by atoms with Gasteiger partial charge in [-0.3, -0.25) is 9.88 Å². The Labute approximate surface area is 168 Å². The van der Waals surface area contributed by atoms with Gasteiger partial charge in [-0.1, -0.05) is 6.07 Å². The molecule has 3 rings (SSSR count). The molecule has 1 saturated heterocycles. The molecule has 2 heterocycles. The number of aromatic nitrogens is 1. The van der Waals surface area contributed by atoms with E-state index in [-0.39, 0.29) is 32.4 Å². The van der Waals surface area contributed by atoms with Crippen LogP contribution < -0.4 is 9.47 Å². The first-order valence-corrected chi connectivity index (χ1v) is 9.52. The van der Waals surface area contributed by atoms with Crippen LogP contribution in [-0.2, 0) is 13.2 Å². The van der Waals surface area contributed by atoms with Gasteiger partial charge in [-0.25, -0.2) is 0 Å². The molecule has 158 valence electrons. The van der Waals surface area contributed by atoms with Crippen molar-refractivity contribution < 1.29 is 27.8 Å². The Morgan fingerprint density at radius 3 is 2.69 bits per heavy atom. The molecule has 0 amide bonds. The van der Waals surface area contributed by atoms with Gasteiger partial charge < -0.3 is 14.6 Å². The zero-order chi connectivity index (χ0) is 20.9. The molecule has 0 radical (unpaired) electrons. The van der Waals surface area contributed by atoms with E-state index in [0.29, 0.717) is 24.6 Å². The number of aliphatic hydroxyl groups is 1. The van der Waals surface area contributed by atoms with Crippen LogP contribution in [0.1, 0.15) is 30.5 Å². The molecule has 1 fully saturated rings. The van der Waals surface area contributed by atoms with Gasteiger partial charge in [0.05, 0.1) is 12.8 Å². The third kappa shape index (κ3) is 5.39. The standard InChI is InChI=1S/C21H25F3N2O3/c1-28-18-6-7-19(29-15-17-5-2-3-10-25-17)16(13-18)14-26-11-4-8-20(27,9-12-26)21(22,23)24/h2-3,5-7,10,13,27H,4,8-9,11-12,14-15H2,1H3. The number of pyridine rings is 1. The number of ether oxygens (including phenoxy) is 2. The molecule has 8 heteroatoms. The topological polar surface area (TPSA) is 54.8 Å². The van der Waals surface area contributed by atoms with Gasteiger partial charge >= 0.3 is 6.18 Å². The molecule has 1 aliphatic heterocycles. The second kappa shape index (κ2) is 9.00. The van der Waals surface area contributed by atoms with Crippen molar-refractivity contribution >= 4 is 0 Å². The zero-order valence-corrected chi connectivity index (χ0v) is 16.3. The van der Waals surface area contributed by atoms with E-state index in [0.717, 1.165) is 11.3 Å². The normalized spacial score (nSPS) is 20.9. The molecular weight excluding hydrogens is 385 g/mol. The minimum Gasteiger partial charge on any atom is -0.497 e. The monoisotopic (exact) mass is 410 g/mol. The van der Waals surface area contributed by atoms with E-state index in [9.17, 15) is 18.3 Å². The zero-order valence-electron chi connectivity index (χ0n) is 16.3. The minimum absolute atomic E-state index is 0.146. The van der Waals surface area contributed by atoms with Gasteiger partial charge in [0.2, 0.25) is 0 Å². The highest BCUT2D eigenvalue weighted by Crippen LogP contribution is 2.38. The largest absolute Gasteiger partial charge is 0.497 e. The SMILES string of the molecule is COc1ccc(OCc2ccccn2)c(CN2CCCC(O)(C(F)(F)F)CC2)c1. The van der Waals surface area contributed by atoms with Crippen molar-refractivity contribution in [2.24, 2.45) is 0 Å². The van der Waals surface area contributed by atoms with Gasteiger partial charge in [0.25, 0.3) is 0 Å². The van der Waals surface area contributed by atoms with Gasteiger partial charge in [0.1, 0.15) is 18.1 Å².